The maximum atomic E-state index is 13.6. The van der Waals surface area contributed by atoms with Crippen LogP contribution in [-0.2, 0) is 17.8 Å². The quantitative estimate of drug-likeness (QED) is 0.153. The Morgan fingerprint density at radius 2 is 1.21 bits per heavy atom. The number of piperidine rings is 1. The first-order valence-electron chi connectivity index (χ1n) is 19.5. The number of hydrogen-bond donors (Lipinski definition) is 2. The highest BCUT2D eigenvalue weighted by Gasteiger charge is 2.39. The number of ether oxygens (including phenoxy) is 1. The Labute approximate surface area is 313 Å². The Bertz CT molecular complexity index is 2020. The molecule has 0 radical (unpaired) electrons. The molecule has 4 aliphatic rings. The number of carbonyl (C=O) groups is 2. The van der Waals surface area contributed by atoms with E-state index in [4.69, 9.17) is 4.74 Å². The van der Waals surface area contributed by atoms with Crippen LogP contribution in [-0.4, -0.2) is 70.5 Å². The summed E-state index contributed by atoms with van der Waals surface area (Å²) in [6.07, 6.45) is 12.3. The fraction of sp³-hybridized carbons (Fsp3) is 0.455. The second kappa shape index (κ2) is 14.8. The monoisotopic (exact) mass is 712 g/mol. The average molecular weight is 713 g/mol. The zero-order valence-corrected chi connectivity index (χ0v) is 31.6. The Morgan fingerprint density at radius 1 is 0.736 bits per heavy atom. The van der Waals surface area contributed by atoms with E-state index in [1.54, 1.807) is 7.11 Å². The van der Waals surface area contributed by atoms with Gasteiger partial charge < -0.3 is 15.4 Å². The largest absolute Gasteiger partial charge is 0.376 e. The van der Waals surface area contributed by atoms with Gasteiger partial charge in [0.2, 0.25) is 0 Å². The lowest BCUT2D eigenvalue weighted by Gasteiger charge is -2.47. The van der Waals surface area contributed by atoms with Crippen LogP contribution in [0.15, 0.2) is 60.9 Å². The van der Waals surface area contributed by atoms with Crippen LogP contribution in [0.25, 0.3) is 11.1 Å². The molecule has 2 aromatic heterocycles. The standard InChI is InChI=1S/C44H52N6O3/c1-28-34(10-8-12-38(28)47-42(51)40-20-36(30-14-15-30)32(22-45-40)24-49-18-6-5-7-19-49)35-11-9-13-39(29(35)2)48-43(52)41-21-37(31-16-17-31)33(23-46-41)25-50-26-44(3,27-50)53-4/h8-13,20-23,30-31H,5-7,14-19,24-27H2,1-4H3,(H,47,51)(H,48,52). The first kappa shape index (κ1) is 35.6. The molecule has 4 aromatic rings. The molecular weight excluding hydrogens is 661 g/mol. The van der Waals surface area contributed by atoms with Gasteiger partial charge in [0.05, 0.1) is 5.60 Å². The summed E-state index contributed by atoms with van der Waals surface area (Å²) < 4.78 is 5.63. The molecule has 2 N–H and O–H groups in total. The van der Waals surface area contributed by atoms with Gasteiger partial charge in [-0.25, -0.2) is 0 Å². The van der Waals surface area contributed by atoms with E-state index < -0.39 is 0 Å². The summed E-state index contributed by atoms with van der Waals surface area (Å²) in [5.41, 5.74) is 11.2. The minimum absolute atomic E-state index is 0.0799. The molecule has 2 aliphatic heterocycles. The zero-order chi connectivity index (χ0) is 36.7. The first-order valence-corrected chi connectivity index (χ1v) is 19.5. The van der Waals surface area contributed by atoms with E-state index in [0.717, 1.165) is 85.7 Å². The van der Waals surface area contributed by atoms with Crippen molar-refractivity contribution in [1.82, 2.24) is 19.8 Å². The highest BCUT2D eigenvalue weighted by atomic mass is 16.5. The smallest absolute Gasteiger partial charge is 0.274 e. The van der Waals surface area contributed by atoms with E-state index in [1.807, 2.05) is 62.6 Å². The fourth-order valence-corrected chi connectivity index (χ4v) is 8.30. The van der Waals surface area contributed by atoms with Gasteiger partial charge in [-0.15, -0.1) is 0 Å². The van der Waals surface area contributed by atoms with Crippen LogP contribution in [0.1, 0.15) is 118 Å². The number of hydrogen-bond acceptors (Lipinski definition) is 7. The number of rotatable bonds is 12. The van der Waals surface area contributed by atoms with Crippen molar-refractivity contribution in [3.63, 3.8) is 0 Å². The molecule has 0 atom stereocenters. The van der Waals surface area contributed by atoms with E-state index in [-0.39, 0.29) is 17.4 Å². The van der Waals surface area contributed by atoms with Gasteiger partial charge in [0.1, 0.15) is 11.4 Å². The van der Waals surface area contributed by atoms with Crippen molar-refractivity contribution < 1.29 is 14.3 Å². The third-order valence-electron chi connectivity index (χ3n) is 11.8. The van der Waals surface area contributed by atoms with Crippen LogP contribution in [0.5, 0.6) is 0 Å². The van der Waals surface area contributed by atoms with Gasteiger partial charge in [0.25, 0.3) is 11.8 Å². The van der Waals surface area contributed by atoms with Gasteiger partial charge in [-0.2, -0.15) is 0 Å². The number of nitrogens with zero attached hydrogens (tertiary/aromatic N) is 4. The van der Waals surface area contributed by atoms with Crippen LogP contribution in [0, 0.1) is 13.8 Å². The topological polar surface area (TPSA) is 99.7 Å². The Morgan fingerprint density at radius 3 is 1.66 bits per heavy atom. The van der Waals surface area contributed by atoms with Crippen molar-refractivity contribution in [2.24, 2.45) is 0 Å². The summed E-state index contributed by atoms with van der Waals surface area (Å²) in [6, 6.07) is 16.0. The molecule has 2 saturated heterocycles. The second-order valence-corrected chi connectivity index (χ2v) is 16.1. The maximum Gasteiger partial charge on any atom is 0.274 e. The van der Waals surface area contributed by atoms with Gasteiger partial charge in [-0.1, -0.05) is 30.7 Å². The summed E-state index contributed by atoms with van der Waals surface area (Å²) in [6.45, 7) is 12.0. The number of likely N-dealkylation sites (tertiary alicyclic amines) is 2. The molecule has 53 heavy (non-hydrogen) atoms. The molecule has 0 unspecified atom stereocenters. The van der Waals surface area contributed by atoms with Crippen molar-refractivity contribution in [3.05, 3.63) is 106 Å². The summed E-state index contributed by atoms with van der Waals surface area (Å²) >= 11 is 0. The van der Waals surface area contributed by atoms with Crippen LogP contribution < -0.4 is 10.6 Å². The maximum absolute atomic E-state index is 13.6. The zero-order valence-electron chi connectivity index (χ0n) is 31.6. The fourth-order valence-electron chi connectivity index (χ4n) is 8.30. The van der Waals surface area contributed by atoms with Gasteiger partial charge in [-0.3, -0.25) is 29.4 Å². The number of amides is 2. The number of carbonyl (C=O) groups excluding carboxylic acids is 2. The van der Waals surface area contributed by atoms with Crippen molar-refractivity contribution in [3.8, 4) is 11.1 Å². The lowest BCUT2D eigenvalue weighted by molar-refractivity contribution is -0.114. The SMILES string of the molecule is COC1(C)CN(Cc2cnc(C(=O)Nc3cccc(-c4cccc(NC(=O)c5cc(C6CC6)c(CN6CCCCC6)cn5)c4C)c3C)cc2C2CC2)C1. The molecule has 9 nitrogen and oxygen atoms in total. The Balaban J connectivity index is 0.970. The number of benzene rings is 2. The molecule has 4 fully saturated rings. The van der Waals surface area contributed by atoms with Gasteiger partial charge >= 0.3 is 0 Å². The molecule has 276 valence electrons. The van der Waals surface area contributed by atoms with Crippen molar-refractivity contribution in [2.75, 3.05) is 43.9 Å². The average Bonchev–Trinajstić information content (AvgIpc) is 4.09. The third-order valence-corrected chi connectivity index (χ3v) is 11.8. The molecule has 0 spiro atoms. The molecule has 0 bridgehead atoms. The molecule has 2 amide bonds. The minimum Gasteiger partial charge on any atom is -0.376 e. The van der Waals surface area contributed by atoms with Crippen molar-refractivity contribution >= 4 is 23.2 Å². The number of methoxy groups -OCH3 is 1. The van der Waals surface area contributed by atoms with Crippen LogP contribution in [0.3, 0.4) is 0 Å². The number of nitrogens with one attached hydrogen (secondary N) is 2. The van der Waals surface area contributed by atoms with Gasteiger partial charge in [0, 0.05) is 57.1 Å². The molecule has 8 rings (SSSR count). The predicted octanol–water partition coefficient (Wildman–Crippen LogP) is 8.23. The van der Waals surface area contributed by atoms with Crippen LogP contribution in [0.4, 0.5) is 11.4 Å². The van der Waals surface area contributed by atoms with E-state index in [9.17, 15) is 9.59 Å². The van der Waals surface area contributed by atoms with E-state index in [0.29, 0.717) is 23.2 Å². The second-order valence-electron chi connectivity index (χ2n) is 16.1. The van der Waals surface area contributed by atoms with Crippen LogP contribution >= 0.6 is 0 Å². The predicted molar refractivity (Wildman–Crippen MR) is 210 cm³/mol. The molecule has 9 heteroatoms. The molecule has 2 aromatic carbocycles. The molecule has 4 heterocycles. The Hall–Kier alpha value is -4.44. The minimum atomic E-state index is -0.215. The third kappa shape index (κ3) is 7.79. The van der Waals surface area contributed by atoms with Gasteiger partial charge in [0.15, 0.2) is 0 Å². The van der Waals surface area contributed by atoms with Crippen molar-refractivity contribution in [1.29, 1.82) is 0 Å². The lowest BCUT2D eigenvalue weighted by atomic mass is 9.94. The number of anilines is 2. The first-order chi connectivity index (χ1) is 25.7. The van der Waals surface area contributed by atoms with Crippen molar-refractivity contribution in [2.45, 2.75) is 96.2 Å². The number of pyridine rings is 2. The van der Waals surface area contributed by atoms with Crippen LogP contribution in [0.2, 0.25) is 0 Å². The summed E-state index contributed by atoms with van der Waals surface area (Å²) in [4.78, 5) is 41.5. The van der Waals surface area contributed by atoms with E-state index in [1.165, 1.54) is 54.4 Å². The normalized spacial score (nSPS) is 18.7. The summed E-state index contributed by atoms with van der Waals surface area (Å²) in [5, 5.41) is 6.31. The van der Waals surface area contributed by atoms with E-state index in [2.05, 4.69) is 49.5 Å². The number of aromatic nitrogens is 2. The summed E-state index contributed by atoms with van der Waals surface area (Å²) in [7, 11) is 1.77. The molecule has 2 saturated carbocycles. The van der Waals surface area contributed by atoms with Gasteiger partial charge in [-0.05, 0) is 153 Å². The summed E-state index contributed by atoms with van der Waals surface area (Å²) in [5.74, 6) is 0.615. The lowest BCUT2D eigenvalue weighted by Crippen LogP contribution is -2.60. The van der Waals surface area contributed by atoms with E-state index >= 15 is 0 Å². The highest BCUT2D eigenvalue weighted by Crippen LogP contribution is 2.44. The molecular formula is C44H52N6O3. The highest BCUT2D eigenvalue weighted by molar-refractivity contribution is 6.05. The molecule has 2 aliphatic carbocycles. The Kier molecular flexibility index (Phi) is 9.91.